The Bertz CT molecular complexity index is 1400. The molecule has 0 bridgehead atoms. The fraction of sp³-hybridized carbons (Fsp3) is 0.0833. The molecule has 1 N–H and O–H groups in total. The fourth-order valence-electron chi connectivity index (χ4n) is 3.09. The minimum absolute atomic E-state index is 0.0153. The molecule has 0 fully saturated rings. The van der Waals surface area contributed by atoms with Crippen LogP contribution in [0.25, 0.3) is 16.6 Å². The van der Waals surface area contributed by atoms with Gasteiger partial charge in [-0.25, -0.2) is 14.8 Å². The molecule has 0 radical (unpaired) electrons. The summed E-state index contributed by atoms with van der Waals surface area (Å²) in [7, 11) is 0. The summed E-state index contributed by atoms with van der Waals surface area (Å²) in [6.07, 6.45) is 0. The van der Waals surface area contributed by atoms with Crippen LogP contribution in [-0.2, 0) is 4.79 Å². The van der Waals surface area contributed by atoms with Crippen molar-refractivity contribution in [2.75, 3.05) is 5.75 Å². The Labute approximate surface area is 198 Å². The third-order valence-electron chi connectivity index (χ3n) is 4.77. The van der Waals surface area contributed by atoms with Crippen LogP contribution in [0, 0.1) is 5.82 Å². The highest BCUT2D eigenvalue weighted by Gasteiger charge is 2.15. The van der Waals surface area contributed by atoms with Crippen molar-refractivity contribution in [2.45, 2.75) is 12.1 Å². The van der Waals surface area contributed by atoms with Crippen molar-refractivity contribution in [1.29, 1.82) is 0 Å². The molecule has 0 spiro atoms. The maximum absolute atomic E-state index is 13.2. The van der Waals surface area contributed by atoms with Crippen LogP contribution in [0.4, 0.5) is 4.39 Å². The molecule has 9 heteroatoms. The summed E-state index contributed by atoms with van der Waals surface area (Å²) in [5.41, 5.74) is 4.61. The number of rotatable bonds is 6. The molecule has 6 nitrogen and oxygen atoms in total. The van der Waals surface area contributed by atoms with Gasteiger partial charge in [-0.1, -0.05) is 47.6 Å². The number of amides is 1. The molecule has 33 heavy (non-hydrogen) atoms. The highest BCUT2D eigenvalue weighted by molar-refractivity contribution is 7.99. The number of hydrogen-bond donors (Lipinski definition) is 1. The zero-order valence-corrected chi connectivity index (χ0v) is 19.0. The van der Waals surface area contributed by atoms with E-state index in [9.17, 15) is 14.0 Å². The van der Waals surface area contributed by atoms with Crippen LogP contribution in [0.2, 0.25) is 5.02 Å². The van der Waals surface area contributed by atoms with Gasteiger partial charge in [0.15, 0.2) is 5.16 Å². The van der Waals surface area contributed by atoms with Gasteiger partial charge < -0.3 is 0 Å². The lowest BCUT2D eigenvalue weighted by Gasteiger charge is -2.13. The van der Waals surface area contributed by atoms with Crippen molar-refractivity contribution in [2.24, 2.45) is 5.10 Å². The molecule has 1 aromatic heterocycles. The van der Waals surface area contributed by atoms with Crippen molar-refractivity contribution >= 4 is 45.9 Å². The van der Waals surface area contributed by atoms with E-state index in [1.54, 1.807) is 67.6 Å². The zero-order valence-electron chi connectivity index (χ0n) is 17.5. The molecule has 1 heterocycles. The molecule has 0 aliphatic heterocycles. The standard InChI is InChI=1S/C24H18ClFN4O2S/c1-15(16-6-10-18(26)11-7-16)28-29-22(31)14-33-24-27-21-5-3-2-4-20(21)23(32)30(24)19-12-8-17(25)9-13-19/h2-13H,14H2,1H3,(H,29,31)/b28-15-. The van der Waals surface area contributed by atoms with Crippen LogP contribution >= 0.6 is 23.4 Å². The minimum atomic E-state index is -0.369. The SMILES string of the molecule is C/C(=N/NC(=O)CSc1nc2ccccc2c(=O)n1-c1ccc(Cl)cc1)c1ccc(F)cc1. The zero-order chi connectivity index (χ0) is 23.4. The first-order valence-corrected chi connectivity index (χ1v) is 11.3. The van der Waals surface area contributed by atoms with Crippen LogP contribution in [0.5, 0.6) is 0 Å². The van der Waals surface area contributed by atoms with Gasteiger partial charge in [-0.15, -0.1) is 0 Å². The molecule has 0 unspecified atom stereocenters. The van der Waals surface area contributed by atoms with Gasteiger partial charge in [-0.05, 0) is 61.0 Å². The average Bonchev–Trinajstić information content (AvgIpc) is 2.82. The van der Waals surface area contributed by atoms with E-state index in [0.717, 1.165) is 11.8 Å². The second kappa shape index (κ2) is 9.97. The molecular formula is C24H18ClFN4O2S. The molecule has 0 saturated carbocycles. The summed E-state index contributed by atoms with van der Waals surface area (Å²) in [5.74, 6) is -0.730. The van der Waals surface area contributed by atoms with Crippen LogP contribution in [0.3, 0.4) is 0 Å². The second-order valence-corrected chi connectivity index (χ2v) is 8.44. The molecule has 0 aliphatic rings. The first kappa shape index (κ1) is 22.7. The number of fused-ring (bicyclic) bond motifs is 1. The van der Waals surface area contributed by atoms with Crippen LogP contribution < -0.4 is 11.0 Å². The van der Waals surface area contributed by atoms with E-state index >= 15 is 0 Å². The smallest absolute Gasteiger partial charge is 0.266 e. The maximum atomic E-state index is 13.2. The van der Waals surface area contributed by atoms with Gasteiger partial charge in [0, 0.05) is 5.02 Å². The predicted octanol–water partition coefficient (Wildman–Crippen LogP) is 4.81. The Morgan fingerprint density at radius 3 is 2.52 bits per heavy atom. The largest absolute Gasteiger partial charge is 0.272 e. The number of hydrazone groups is 1. The summed E-state index contributed by atoms with van der Waals surface area (Å²) in [4.78, 5) is 30.2. The summed E-state index contributed by atoms with van der Waals surface area (Å²) < 4.78 is 14.5. The Morgan fingerprint density at radius 2 is 1.79 bits per heavy atom. The van der Waals surface area contributed by atoms with Gasteiger partial charge in [0.1, 0.15) is 5.82 Å². The lowest BCUT2D eigenvalue weighted by molar-refractivity contribution is -0.118. The van der Waals surface area contributed by atoms with Gasteiger partial charge >= 0.3 is 0 Å². The third-order valence-corrected chi connectivity index (χ3v) is 5.96. The molecule has 4 rings (SSSR count). The third kappa shape index (κ3) is 5.30. The monoisotopic (exact) mass is 480 g/mol. The first-order chi connectivity index (χ1) is 15.9. The van der Waals surface area contributed by atoms with Crippen molar-refractivity contribution < 1.29 is 9.18 Å². The number of nitrogens with one attached hydrogen (secondary N) is 1. The van der Waals surface area contributed by atoms with E-state index in [-0.39, 0.29) is 23.0 Å². The topological polar surface area (TPSA) is 76.3 Å². The molecule has 0 atom stereocenters. The van der Waals surface area contributed by atoms with Gasteiger partial charge in [0.05, 0.1) is 28.1 Å². The van der Waals surface area contributed by atoms with E-state index in [4.69, 9.17) is 11.6 Å². The van der Waals surface area contributed by atoms with Gasteiger partial charge in [0.25, 0.3) is 11.5 Å². The quantitative estimate of drug-likeness (QED) is 0.186. The molecular weight excluding hydrogens is 463 g/mol. The van der Waals surface area contributed by atoms with Crippen LogP contribution in [0.1, 0.15) is 12.5 Å². The molecule has 166 valence electrons. The lowest BCUT2D eigenvalue weighted by Crippen LogP contribution is -2.24. The Hall–Kier alpha value is -3.49. The van der Waals surface area contributed by atoms with Gasteiger partial charge in [-0.2, -0.15) is 5.10 Å². The fourth-order valence-corrected chi connectivity index (χ4v) is 4.02. The Balaban J connectivity index is 1.57. The number of carbonyl (C=O) groups is 1. The average molecular weight is 481 g/mol. The normalized spacial score (nSPS) is 11.5. The Morgan fingerprint density at radius 1 is 1.09 bits per heavy atom. The van der Waals surface area contributed by atoms with E-state index in [1.807, 2.05) is 0 Å². The summed E-state index contributed by atoms with van der Waals surface area (Å²) >= 11 is 7.12. The molecule has 4 aromatic rings. The van der Waals surface area contributed by atoms with E-state index in [2.05, 4.69) is 15.5 Å². The molecule has 0 saturated heterocycles. The molecule has 1 amide bonds. The highest BCUT2D eigenvalue weighted by atomic mass is 35.5. The summed E-state index contributed by atoms with van der Waals surface area (Å²) in [6, 6.07) is 19.7. The van der Waals surface area contributed by atoms with Crippen molar-refractivity contribution in [3.63, 3.8) is 0 Å². The number of aromatic nitrogens is 2. The van der Waals surface area contributed by atoms with Gasteiger partial charge in [0.2, 0.25) is 0 Å². The summed E-state index contributed by atoms with van der Waals surface area (Å²) in [6.45, 7) is 1.71. The van der Waals surface area contributed by atoms with Crippen LogP contribution in [-0.4, -0.2) is 26.9 Å². The number of thioether (sulfide) groups is 1. The number of benzene rings is 3. The molecule has 0 aliphatic carbocycles. The highest BCUT2D eigenvalue weighted by Crippen LogP contribution is 2.22. The van der Waals surface area contributed by atoms with Crippen molar-refractivity contribution in [3.8, 4) is 5.69 Å². The number of hydrogen-bond acceptors (Lipinski definition) is 5. The van der Waals surface area contributed by atoms with Crippen LogP contribution in [0.15, 0.2) is 87.8 Å². The van der Waals surface area contributed by atoms with E-state index in [1.165, 1.54) is 16.7 Å². The molecule has 3 aromatic carbocycles. The van der Waals surface area contributed by atoms with Gasteiger partial charge in [-0.3, -0.25) is 14.2 Å². The number of nitrogens with zero attached hydrogens (tertiary/aromatic N) is 3. The number of halogens is 2. The second-order valence-electron chi connectivity index (χ2n) is 7.06. The van der Waals surface area contributed by atoms with Crippen molar-refractivity contribution in [1.82, 2.24) is 15.0 Å². The number of carbonyl (C=O) groups excluding carboxylic acids is 1. The number of para-hydroxylation sites is 1. The summed E-state index contributed by atoms with van der Waals surface area (Å²) in [5, 5.41) is 5.46. The maximum Gasteiger partial charge on any atom is 0.266 e. The first-order valence-electron chi connectivity index (χ1n) is 9.92. The Kier molecular flexibility index (Phi) is 6.86. The lowest BCUT2D eigenvalue weighted by atomic mass is 10.1. The predicted molar refractivity (Wildman–Crippen MR) is 130 cm³/mol. The van der Waals surface area contributed by atoms with Crippen molar-refractivity contribution in [3.05, 3.63) is 99.6 Å². The minimum Gasteiger partial charge on any atom is -0.272 e. The van der Waals surface area contributed by atoms with E-state index in [0.29, 0.717) is 38.0 Å². The van der Waals surface area contributed by atoms with E-state index < -0.39 is 0 Å².